The molecule has 0 bridgehead atoms. The molecule has 0 aliphatic carbocycles. The van der Waals surface area contributed by atoms with Crippen molar-refractivity contribution in [3.63, 3.8) is 0 Å². The highest BCUT2D eigenvalue weighted by Gasteiger charge is 2.32. The quantitative estimate of drug-likeness (QED) is 0.905. The van der Waals surface area contributed by atoms with E-state index in [9.17, 15) is 8.78 Å². The summed E-state index contributed by atoms with van der Waals surface area (Å²) >= 11 is 0. The zero-order valence-electron chi connectivity index (χ0n) is 11.3. The van der Waals surface area contributed by atoms with Crippen LogP contribution in [0.3, 0.4) is 0 Å². The van der Waals surface area contributed by atoms with Crippen LogP contribution in [-0.4, -0.2) is 6.61 Å². The Morgan fingerprint density at radius 2 is 1.80 bits per heavy atom. The molecule has 0 aromatic heterocycles. The van der Waals surface area contributed by atoms with Gasteiger partial charge in [0.05, 0.1) is 0 Å². The Balaban J connectivity index is 2.12. The number of aryl methyl sites for hydroxylation is 1. The van der Waals surface area contributed by atoms with Gasteiger partial charge >= 0.3 is 5.92 Å². The van der Waals surface area contributed by atoms with Crippen molar-refractivity contribution in [3.8, 4) is 5.75 Å². The molecule has 0 radical (unpaired) electrons. The smallest absolute Gasteiger partial charge is 0.306 e. The Bertz CT molecular complexity index is 570. The number of hydrogen-bond donors (Lipinski definition) is 1. The zero-order valence-corrected chi connectivity index (χ0v) is 11.3. The summed E-state index contributed by atoms with van der Waals surface area (Å²) in [5, 5.41) is 0. The molecule has 106 valence electrons. The van der Waals surface area contributed by atoms with Crippen LogP contribution in [-0.2, 0) is 12.5 Å². The number of halogens is 2. The molecule has 0 aliphatic rings. The first-order valence-electron chi connectivity index (χ1n) is 6.38. The van der Waals surface area contributed by atoms with Gasteiger partial charge in [-0.2, -0.15) is 8.78 Å². The first-order chi connectivity index (χ1) is 9.53. The number of ether oxygens (including phenoxy) is 1. The lowest BCUT2D eigenvalue weighted by Gasteiger charge is -2.19. The maximum Gasteiger partial charge on any atom is 0.306 e. The lowest BCUT2D eigenvalue weighted by atomic mass is 10.1. The van der Waals surface area contributed by atoms with Gasteiger partial charge in [0.15, 0.2) is 6.61 Å². The Morgan fingerprint density at radius 1 is 1.10 bits per heavy atom. The minimum absolute atomic E-state index is 0.0542. The van der Waals surface area contributed by atoms with Gasteiger partial charge in [-0.1, -0.05) is 48.0 Å². The van der Waals surface area contributed by atoms with Crippen LogP contribution in [0.4, 0.5) is 8.78 Å². The second-order valence-corrected chi connectivity index (χ2v) is 4.67. The van der Waals surface area contributed by atoms with Crippen LogP contribution >= 0.6 is 0 Å². The molecule has 0 saturated carbocycles. The molecule has 2 N–H and O–H groups in total. The SMILES string of the molecule is Cc1ccc(OCC(F)(F)c2ccccc2)c(CN)c1. The fourth-order valence-electron chi connectivity index (χ4n) is 1.94. The van der Waals surface area contributed by atoms with E-state index in [1.807, 2.05) is 19.1 Å². The zero-order chi connectivity index (χ0) is 14.6. The highest BCUT2D eigenvalue weighted by atomic mass is 19.3. The first kappa shape index (κ1) is 14.5. The normalized spacial score (nSPS) is 11.4. The molecule has 2 aromatic rings. The molecule has 2 aromatic carbocycles. The van der Waals surface area contributed by atoms with Crippen LogP contribution < -0.4 is 10.5 Å². The fraction of sp³-hybridized carbons (Fsp3) is 0.250. The van der Waals surface area contributed by atoms with Crippen LogP contribution in [0.2, 0.25) is 0 Å². The minimum Gasteiger partial charge on any atom is -0.487 e. The average molecular weight is 277 g/mol. The van der Waals surface area contributed by atoms with Crippen LogP contribution in [0.5, 0.6) is 5.75 Å². The van der Waals surface area contributed by atoms with Gasteiger partial charge in [-0.15, -0.1) is 0 Å². The lowest BCUT2D eigenvalue weighted by molar-refractivity contribution is -0.0469. The molecule has 0 heterocycles. The lowest BCUT2D eigenvalue weighted by Crippen LogP contribution is -2.23. The predicted molar refractivity (Wildman–Crippen MR) is 74.9 cm³/mol. The van der Waals surface area contributed by atoms with Crippen LogP contribution in [0.1, 0.15) is 16.7 Å². The Hall–Kier alpha value is -1.94. The largest absolute Gasteiger partial charge is 0.487 e. The van der Waals surface area contributed by atoms with E-state index in [1.54, 1.807) is 24.3 Å². The summed E-state index contributed by atoms with van der Waals surface area (Å²) in [5.74, 6) is -2.62. The maximum atomic E-state index is 14.0. The standard InChI is InChI=1S/C16H17F2NO/c1-12-7-8-15(13(9-12)10-19)20-11-16(17,18)14-5-3-2-4-6-14/h2-9H,10-11,19H2,1H3. The summed E-state index contributed by atoms with van der Waals surface area (Å²) < 4.78 is 33.3. The average Bonchev–Trinajstić information content (AvgIpc) is 2.46. The molecule has 4 heteroatoms. The Labute approximate surface area is 117 Å². The molecule has 0 saturated heterocycles. The van der Waals surface area contributed by atoms with Crippen molar-refractivity contribution in [2.75, 3.05) is 6.61 Å². The number of alkyl halides is 2. The van der Waals surface area contributed by atoms with E-state index in [2.05, 4.69) is 0 Å². The third kappa shape index (κ3) is 3.33. The Kier molecular flexibility index (Phi) is 4.35. The monoisotopic (exact) mass is 277 g/mol. The van der Waals surface area contributed by atoms with E-state index >= 15 is 0 Å². The third-order valence-corrected chi connectivity index (χ3v) is 3.04. The van der Waals surface area contributed by atoms with Gasteiger partial charge in [0.2, 0.25) is 0 Å². The van der Waals surface area contributed by atoms with Crippen molar-refractivity contribution < 1.29 is 13.5 Å². The van der Waals surface area contributed by atoms with E-state index in [-0.39, 0.29) is 12.1 Å². The van der Waals surface area contributed by atoms with E-state index in [4.69, 9.17) is 10.5 Å². The summed E-state index contributed by atoms with van der Waals surface area (Å²) in [6.45, 7) is 1.47. The fourth-order valence-corrected chi connectivity index (χ4v) is 1.94. The molecule has 0 atom stereocenters. The van der Waals surface area contributed by atoms with Gasteiger partial charge < -0.3 is 10.5 Å². The molecule has 0 unspecified atom stereocenters. The number of rotatable bonds is 5. The predicted octanol–water partition coefficient (Wildman–Crippen LogP) is 3.62. The molecule has 2 rings (SSSR count). The molecule has 0 fully saturated rings. The van der Waals surface area contributed by atoms with E-state index < -0.39 is 12.5 Å². The molecule has 0 spiro atoms. The van der Waals surface area contributed by atoms with E-state index in [0.29, 0.717) is 5.75 Å². The van der Waals surface area contributed by atoms with Gasteiger partial charge in [0.25, 0.3) is 0 Å². The minimum atomic E-state index is -3.03. The summed E-state index contributed by atoms with van der Waals surface area (Å²) in [7, 11) is 0. The highest BCUT2D eigenvalue weighted by Crippen LogP contribution is 2.29. The summed E-state index contributed by atoms with van der Waals surface area (Å²) in [5.41, 5.74) is 7.30. The van der Waals surface area contributed by atoms with Crippen molar-refractivity contribution in [1.29, 1.82) is 0 Å². The Morgan fingerprint density at radius 3 is 2.45 bits per heavy atom. The molecular formula is C16H17F2NO. The molecular weight excluding hydrogens is 260 g/mol. The van der Waals surface area contributed by atoms with Crippen molar-refractivity contribution >= 4 is 0 Å². The second kappa shape index (κ2) is 6.01. The number of benzene rings is 2. The summed E-state index contributed by atoms with van der Waals surface area (Å²) in [6, 6.07) is 13.0. The van der Waals surface area contributed by atoms with Gasteiger partial charge in [-0.05, 0) is 13.0 Å². The van der Waals surface area contributed by atoms with Gasteiger partial charge in [0, 0.05) is 17.7 Å². The van der Waals surface area contributed by atoms with Crippen molar-refractivity contribution in [3.05, 3.63) is 65.2 Å². The number of nitrogens with two attached hydrogens (primary N) is 1. The molecule has 2 nitrogen and oxygen atoms in total. The molecule has 20 heavy (non-hydrogen) atoms. The number of hydrogen-bond acceptors (Lipinski definition) is 2. The summed E-state index contributed by atoms with van der Waals surface area (Å²) in [4.78, 5) is 0. The maximum absolute atomic E-state index is 14.0. The highest BCUT2D eigenvalue weighted by molar-refractivity contribution is 5.37. The van der Waals surface area contributed by atoms with Crippen molar-refractivity contribution in [1.82, 2.24) is 0 Å². The summed E-state index contributed by atoms with van der Waals surface area (Å²) in [6.07, 6.45) is 0. The first-order valence-corrected chi connectivity index (χ1v) is 6.38. The van der Waals surface area contributed by atoms with Crippen LogP contribution in [0.25, 0.3) is 0 Å². The topological polar surface area (TPSA) is 35.2 Å². The van der Waals surface area contributed by atoms with Gasteiger partial charge in [-0.25, -0.2) is 0 Å². The van der Waals surface area contributed by atoms with Crippen LogP contribution in [0, 0.1) is 6.92 Å². The van der Waals surface area contributed by atoms with E-state index in [1.165, 1.54) is 12.1 Å². The molecule has 0 amide bonds. The second-order valence-electron chi connectivity index (χ2n) is 4.67. The van der Waals surface area contributed by atoms with E-state index in [0.717, 1.165) is 11.1 Å². The van der Waals surface area contributed by atoms with Gasteiger partial charge in [0.1, 0.15) is 5.75 Å². The van der Waals surface area contributed by atoms with Gasteiger partial charge in [-0.3, -0.25) is 0 Å². The van der Waals surface area contributed by atoms with Crippen molar-refractivity contribution in [2.45, 2.75) is 19.4 Å². The van der Waals surface area contributed by atoms with Crippen molar-refractivity contribution in [2.24, 2.45) is 5.73 Å². The van der Waals surface area contributed by atoms with Crippen LogP contribution in [0.15, 0.2) is 48.5 Å². The third-order valence-electron chi connectivity index (χ3n) is 3.04. The molecule has 0 aliphatic heterocycles.